The molecule has 0 saturated heterocycles. The van der Waals surface area contributed by atoms with Gasteiger partial charge in [-0.05, 0) is 38.8 Å². The Labute approximate surface area is 110 Å². The van der Waals surface area contributed by atoms with Crippen LogP contribution in [0.2, 0.25) is 0 Å². The second kappa shape index (κ2) is 6.14. The Hall–Kier alpha value is -1.16. The highest BCUT2D eigenvalue weighted by atomic mass is 15.1. The summed E-state index contributed by atoms with van der Waals surface area (Å²) in [5.41, 5.74) is 8.45. The summed E-state index contributed by atoms with van der Waals surface area (Å²) in [6, 6.07) is 0. The van der Waals surface area contributed by atoms with Crippen molar-refractivity contribution < 1.29 is 0 Å². The molecule has 1 aromatic rings. The van der Waals surface area contributed by atoms with Gasteiger partial charge in [0.05, 0.1) is 0 Å². The molecule has 0 saturated carbocycles. The maximum atomic E-state index is 6.05. The standard InChI is InChI=1S/C14H24N4/c1-3-18(4-2)10-9-13-16-12-8-6-5-7-11(12)14(15)17-13/h3-10H2,1-2H3,(H2,15,16,17). The third-order valence-corrected chi connectivity index (χ3v) is 3.81. The molecule has 0 amide bonds. The molecule has 0 aromatic carbocycles. The van der Waals surface area contributed by atoms with Gasteiger partial charge in [0.1, 0.15) is 11.6 Å². The number of hydrogen-bond acceptors (Lipinski definition) is 4. The zero-order valence-electron chi connectivity index (χ0n) is 11.6. The predicted molar refractivity (Wildman–Crippen MR) is 74.6 cm³/mol. The molecular weight excluding hydrogens is 224 g/mol. The van der Waals surface area contributed by atoms with E-state index >= 15 is 0 Å². The van der Waals surface area contributed by atoms with Crippen LogP contribution in [-0.4, -0.2) is 34.5 Å². The molecule has 2 N–H and O–H groups in total. The van der Waals surface area contributed by atoms with Crippen LogP contribution < -0.4 is 5.73 Å². The van der Waals surface area contributed by atoms with Crippen molar-refractivity contribution in [1.82, 2.24) is 14.9 Å². The van der Waals surface area contributed by atoms with Crippen LogP contribution >= 0.6 is 0 Å². The summed E-state index contributed by atoms with van der Waals surface area (Å²) in [6.45, 7) is 7.55. The van der Waals surface area contributed by atoms with Crippen LogP contribution in [0, 0.1) is 0 Å². The first-order valence-corrected chi connectivity index (χ1v) is 7.11. The number of anilines is 1. The minimum Gasteiger partial charge on any atom is -0.383 e. The number of rotatable bonds is 5. The number of aryl methyl sites for hydroxylation is 1. The van der Waals surface area contributed by atoms with Gasteiger partial charge in [-0.3, -0.25) is 0 Å². The smallest absolute Gasteiger partial charge is 0.132 e. The summed E-state index contributed by atoms with van der Waals surface area (Å²) < 4.78 is 0. The Bertz CT molecular complexity index is 399. The van der Waals surface area contributed by atoms with Gasteiger partial charge in [0.2, 0.25) is 0 Å². The van der Waals surface area contributed by atoms with E-state index in [1.807, 2.05) is 0 Å². The van der Waals surface area contributed by atoms with Gasteiger partial charge in [0, 0.05) is 24.2 Å². The van der Waals surface area contributed by atoms with Crippen molar-refractivity contribution in [2.45, 2.75) is 46.0 Å². The summed E-state index contributed by atoms with van der Waals surface area (Å²) in [5.74, 6) is 1.63. The predicted octanol–water partition coefficient (Wildman–Crippen LogP) is 1.82. The fraction of sp³-hybridized carbons (Fsp3) is 0.714. The van der Waals surface area contributed by atoms with E-state index < -0.39 is 0 Å². The third kappa shape index (κ3) is 2.99. The van der Waals surface area contributed by atoms with Gasteiger partial charge < -0.3 is 10.6 Å². The van der Waals surface area contributed by atoms with Crippen molar-refractivity contribution in [2.75, 3.05) is 25.4 Å². The van der Waals surface area contributed by atoms with E-state index in [-0.39, 0.29) is 0 Å². The van der Waals surface area contributed by atoms with Crippen LogP contribution in [0.5, 0.6) is 0 Å². The monoisotopic (exact) mass is 248 g/mol. The van der Waals surface area contributed by atoms with Gasteiger partial charge in [-0.2, -0.15) is 0 Å². The molecule has 0 aliphatic heterocycles. The molecule has 0 unspecified atom stereocenters. The van der Waals surface area contributed by atoms with E-state index in [0.717, 1.165) is 44.7 Å². The highest BCUT2D eigenvalue weighted by molar-refractivity contribution is 5.43. The molecule has 1 aliphatic rings. The summed E-state index contributed by atoms with van der Waals surface area (Å²) >= 11 is 0. The second-order valence-electron chi connectivity index (χ2n) is 4.93. The molecular formula is C14H24N4. The second-order valence-corrected chi connectivity index (χ2v) is 4.93. The van der Waals surface area contributed by atoms with E-state index in [2.05, 4.69) is 23.7 Å². The highest BCUT2D eigenvalue weighted by Crippen LogP contribution is 2.23. The van der Waals surface area contributed by atoms with Crippen molar-refractivity contribution in [1.29, 1.82) is 0 Å². The lowest BCUT2D eigenvalue weighted by Gasteiger charge is -2.19. The molecule has 2 rings (SSSR count). The van der Waals surface area contributed by atoms with Crippen molar-refractivity contribution in [3.8, 4) is 0 Å². The van der Waals surface area contributed by atoms with E-state index in [0.29, 0.717) is 5.82 Å². The van der Waals surface area contributed by atoms with Crippen LogP contribution in [0.15, 0.2) is 0 Å². The van der Waals surface area contributed by atoms with Gasteiger partial charge in [-0.15, -0.1) is 0 Å². The largest absolute Gasteiger partial charge is 0.383 e. The van der Waals surface area contributed by atoms with Crippen LogP contribution in [0.25, 0.3) is 0 Å². The Kier molecular flexibility index (Phi) is 4.53. The fourth-order valence-electron chi connectivity index (χ4n) is 2.59. The Balaban J connectivity index is 2.07. The lowest BCUT2D eigenvalue weighted by Crippen LogP contribution is -2.26. The lowest BCUT2D eigenvalue weighted by atomic mass is 9.96. The highest BCUT2D eigenvalue weighted by Gasteiger charge is 2.16. The normalized spacial score (nSPS) is 14.8. The molecule has 0 radical (unpaired) electrons. The van der Waals surface area contributed by atoms with Crippen molar-refractivity contribution in [3.63, 3.8) is 0 Å². The van der Waals surface area contributed by atoms with Crippen LogP contribution in [-0.2, 0) is 19.3 Å². The van der Waals surface area contributed by atoms with Gasteiger partial charge in [0.15, 0.2) is 0 Å². The molecule has 4 heteroatoms. The number of nitrogens with zero attached hydrogens (tertiary/aromatic N) is 3. The number of nitrogen functional groups attached to an aromatic ring is 1. The van der Waals surface area contributed by atoms with E-state index in [4.69, 9.17) is 10.7 Å². The van der Waals surface area contributed by atoms with Crippen molar-refractivity contribution in [2.24, 2.45) is 0 Å². The van der Waals surface area contributed by atoms with Crippen molar-refractivity contribution in [3.05, 3.63) is 17.1 Å². The molecule has 0 spiro atoms. The molecule has 1 aliphatic carbocycles. The van der Waals surface area contributed by atoms with Crippen LogP contribution in [0.3, 0.4) is 0 Å². The first-order chi connectivity index (χ1) is 8.74. The fourth-order valence-corrected chi connectivity index (χ4v) is 2.59. The van der Waals surface area contributed by atoms with Gasteiger partial charge in [-0.1, -0.05) is 13.8 Å². The van der Waals surface area contributed by atoms with E-state index in [1.54, 1.807) is 0 Å². The quantitative estimate of drug-likeness (QED) is 0.863. The van der Waals surface area contributed by atoms with Crippen LogP contribution in [0.1, 0.15) is 43.8 Å². The summed E-state index contributed by atoms with van der Waals surface area (Å²) in [5, 5.41) is 0. The molecule has 0 fully saturated rings. The van der Waals surface area contributed by atoms with Gasteiger partial charge >= 0.3 is 0 Å². The molecule has 100 valence electrons. The average Bonchev–Trinajstić information content (AvgIpc) is 2.40. The minimum atomic E-state index is 0.717. The Morgan fingerprint density at radius 1 is 1.11 bits per heavy atom. The minimum absolute atomic E-state index is 0.717. The SMILES string of the molecule is CCN(CC)CCc1nc(N)c2c(n1)CCCC2. The number of fused-ring (bicyclic) bond motifs is 1. The lowest BCUT2D eigenvalue weighted by molar-refractivity contribution is 0.305. The van der Waals surface area contributed by atoms with E-state index in [9.17, 15) is 0 Å². The number of hydrogen-bond donors (Lipinski definition) is 1. The zero-order chi connectivity index (χ0) is 13.0. The summed E-state index contributed by atoms with van der Waals surface area (Å²) in [6.07, 6.45) is 5.48. The zero-order valence-corrected chi connectivity index (χ0v) is 11.6. The van der Waals surface area contributed by atoms with Gasteiger partial charge in [-0.25, -0.2) is 9.97 Å². The van der Waals surface area contributed by atoms with Crippen LogP contribution in [0.4, 0.5) is 5.82 Å². The molecule has 18 heavy (non-hydrogen) atoms. The molecule has 1 heterocycles. The number of aromatic nitrogens is 2. The Morgan fingerprint density at radius 3 is 2.56 bits per heavy atom. The van der Waals surface area contributed by atoms with Crippen molar-refractivity contribution >= 4 is 5.82 Å². The summed E-state index contributed by atoms with van der Waals surface area (Å²) in [4.78, 5) is 11.6. The van der Waals surface area contributed by atoms with E-state index in [1.165, 1.54) is 24.1 Å². The Morgan fingerprint density at radius 2 is 1.83 bits per heavy atom. The summed E-state index contributed by atoms with van der Waals surface area (Å²) in [7, 11) is 0. The molecule has 0 bridgehead atoms. The number of likely N-dealkylation sites (N-methyl/N-ethyl adjacent to an activating group) is 1. The first-order valence-electron chi connectivity index (χ1n) is 7.11. The average molecular weight is 248 g/mol. The van der Waals surface area contributed by atoms with Gasteiger partial charge in [0.25, 0.3) is 0 Å². The number of nitrogens with two attached hydrogens (primary N) is 1. The third-order valence-electron chi connectivity index (χ3n) is 3.81. The topological polar surface area (TPSA) is 55.0 Å². The molecule has 1 aromatic heterocycles. The molecule has 0 atom stereocenters. The first kappa shape index (κ1) is 13.3. The maximum Gasteiger partial charge on any atom is 0.132 e. The maximum absolute atomic E-state index is 6.05. The molecule has 4 nitrogen and oxygen atoms in total.